The van der Waals surface area contributed by atoms with Crippen LogP contribution in [0.2, 0.25) is 6.04 Å². The van der Waals surface area contributed by atoms with Crippen LogP contribution < -0.4 is 0 Å². The number of hydrogen-bond donors (Lipinski definition) is 0. The molecule has 6 nitrogen and oxygen atoms in total. The predicted molar refractivity (Wildman–Crippen MR) is 94.9 cm³/mol. The van der Waals surface area contributed by atoms with E-state index in [1.165, 1.54) is 0 Å². The predicted octanol–water partition coefficient (Wildman–Crippen LogP) is 2.41. The zero-order chi connectivity index (χ0) is 17.4. The minimum absolute atomic E-state index is 0.632. The summed E-state index contributed by atoms with van der Waals surface area (Å²) < 4.78 is 28.1. The van der Waals surface area contributed by atoms with Crippen molar-refractivity contribution in [1.29, 1.82) is 0 Å². The third-order valence-corrected chi connectivity index (χ3v) is 6.64. The number of nitrogens with zero attached hydrogens (tertiary/aromatic N) is 1. The molecule has 0 amide bonds. The average Bonchev–Trinajstić information content (AvgIpc) is 2.53. The summed E-state index contributed by atoms with van der Waals surface area (Å²) in [6.45, 7) is 12.4. The average molecular weight is 352 g/mol. The fourth-order valence-corrected chi connectivity index (χ4v) is 5.10. The maximum atomic E-state index is 5.90. The molecular formula is C16H37NO5Si. The molecule has 0 bridgehead atoms. The summed E-state index contributed by atoms with van der Waals surface area (Å²) in [6.07, 6.45) is 2.04. The van der Waals surface area contributed by atoms with E-state index in [9.17, 15) is 0 Å². The Balaban J connectivity index is 4.40. The van der Waals surface area contributed by atoms with Crippen LogP contribution in [-0.2, 0) is 22.8 Å². The van der Waals surface area contributed by atoms with Gasteiger partial charge in [0, 0.05) is 59.8 Å². The van der Waals surface area contributed by atoms with Crippen LogP contribution in [0.1, 0.15) is 33.6 Å². The first-order chi connectivity index (χ1) is 11.2. The molecule has 0 aromatic rings. The molecule has 0 saturated heterocycles. The molecule has 0 N–H and O–H groups in total. The molecule has 7 heteroatoms. The first-order valence-electron chi connectivity index (χ1n) is 8.80. The Hall–Kier alpha value is -0.0231. The van der Waals surface area contributed by atoms with Gasteiger partial charge in [0.1, 0.15) is 0 Å². The molecule has 0 aromatic carbocycles. The molecule has 0 aliphatic carbocycles. The summed E-state index contributed by atoms with van der Waals surface area (Å²) in [6, 6.07) is 0.857. The van der Waals surface area contributed by atoms with Crippen molar-refractivity contribution in [2.75, 3.05) is 66.9 Å². The van der Waals surface area contributed by atoms with Gasteiger partial charge in [0.15, 0.2) is 0 Å². The largest absolute Gasteiger partial charge is 0.500 e. The molecular weight excluding hydrogens is 314 g/mol. The van der Waals surface area contributed by atoms with Gasteiger partial charge >= 0.3 is 8.80 Å². The van der Waals surface area contributed by atoms with E-state index >= 15 is 0 Å². The number of rotatable bonds is 17. The number of ether oxygens (including phenoxy) is 2. The van der Waals surface area contributed by atoms with Crippen molar-refractivity contribution in [2.45, 2.75) is 39.7 Å². The lowest BCUT2D eigenvalue weighted by Crippen LogP contribution is -2.46. The number of methoxy groups -OCH3 is 2. The molecule has 0 saturated carbocycles. The van der Waals surface area contributed by atoms with E-state index in [1.54, 1.807) is 14.2 Å². The van der Waals surface area contributed by atoms with Crippen molar-refractivity contribution in [2.24, 2.45) is 0 Å². The minimum Gasteiger partial charge on any atom is -0.385 e. The quantitative estimate of drug-likeness (QED) is 0.296. The van der Waals surface area contributed by atoms with Crippen molar-refractivity contribution in [1.82, 2.24) is 4.90 Å². The monoisotopic (exact) mass is 351 g/mol. The van der Waals surface area contributed by atoms with Gasteiger partial charge in [-0.25, -0.2) is 0 Å². The Bertz CT molecular complexity index is 242. The fraction of sp³-hybridized carbons (Fsp3) is 1.00. The second-order valence-corrected chi connectivity index (χ2v) is 8.00. The molecule has 0 heterocycles. The summed E-state index contributed by atoms with van der Waals surface area (Å²) in [4.78, 5) is 2.41. The van der Waals surface area contributed by atoms with Gasteiger partial charge in [0.05, 0.1) is 6.61 Å². The van der Waals surface area contributed by atoms with E-state index in [0.29, 0.717) is 19.8 Å². The van der Waals surface area contributed by atoms with Gasteiger partial charge < -0.3 is 27.7 Å². The molecule has 23 heavy (non-hydrogen) atoms. The van der Waals surface area contributed by atoms with Crippen LogP contribution in [0.5, 0.6) is 0 Å². The molecule has 0 aliphatic rings. The molecule has 0 spiro atoms. The highest BCUT2D eigenvalue weighted by Crippen LogP contribution is 2.18. The van der Waals surface area contributed by atoms with Gasteiger partial charge in [-0.15, -0.1) is 0 Å². The first kappa shape index (κ1) is 23.0. The lowest BCUT2D eigenvalue weighted by molar-refractivity contribution is 0.0692. The van der Waals surface area contributed by atoms with E-state index in [2.05, 4.69) is 4.90 Å². The maximum absolute atomic E-state index is 5.90. The highest BCUT2D eigenvalue weighted by molar-refractivity contribution is 6.60. The molecule has 140 valence electrons. The van der Waals surface area contributed by atoms with Crippen LogP contribution in [-0.4, -0.2) is 80.6 Å². The summed E-state index contributed by atoms with van der Waals surface area (Å²) in [5, 5.41) is 0. The summed E-state index contributed by atoms with van der Waals surface area (Å²) in [5.74, 6) is 0. The zero-order valence-electron chi connectivity index (χ0n) is 15.8. The van der Waals surface area contributed by atoms with Crippen molar-refractivity contribution in [3.63, 3.8) is 0 Å². The fourth-order valence-electron chi connectivity index (χ4n) is 2.51. The standard InChI is InChI=1S/C16H37NO5Si/c1-6-20-23(21-7-2,22-8-3)16-10-12-17(13-15-19-5)11-9-14-18-4/h6-16H2,1-5H3. The van der Waals surface area contributed by atoms with Crippen molar-refractivity contribution in [3.05, 3.63) is 0 Å². The van der Waals surface area contributed by atoms with Gasteiger partial charge in [0.25, 0.3) is 0 Å². The summed E-state index contributed by atoms with van der Waals surface area (Å²) in [7, 11) is 0.968. The number of hydrogen-bond acceptors (Lipinski definition) is 6. The Morgan fingerprint density at radius 2 is 1.22 bits per heavy atom. The molecule has 0 atom stereocenters. The Labute approximate surface area is 143 Å². The van der Waals surface area contributed by atoms with Crippen molar-refractivity contribution >= 4 is 8.80 Å². The van der Waals surface area contributed by atoms with E-state index < -0.39 is 8.80 Å². The first-order valence-corrected chi connectivity index (χ1v) is 10.7. The van der Waals surface area contributed by atoms with Crippen molar-refractivity contribution in [3.8, 4) is 0 Å². The third kappa shape index (κ3) is 11.2. The SMILES string of the molecule is CCO[Si](CCCN(CCCOC)CCOC)(OCC)OCC. The summed E-state index contributed by atoms with van der Waals surface area (Å²) in [5.41, 5.74) is 0. The van der Waals surface area contributed by atoms with E-state index in [0.717, 1.165) is 51.7 Å². The van der Waals surface area contributed by atoms with Crippen LogP contribution in [0.25, 0.3) is 0 Å². The van der Waals surface area contributed by atoms with Gasteiger partial charge in [-0.1, -0.05) is 0 Å². The molecule has 0 radical (unpaired) electrons. The second-order valence-electron chi connectivity index (χ2n) is 5.27. The van der Waals surface area contributed by atoms with Crippen LogP contribution in [0.3, 0.4) is 0 Å². The lowest BCUT2D eigenvalue weighted by Gasteiger charge is -2.29. The van der Waals surface area contributed by atoms with Crippen LogP contribution in [0, 0.1) is 0 Å². The topological polar surface area (TPSA) is 49.4 Å². The van der Waals surface area contributed by atoms with Crippen LogP contribution in [0.4, 0.5) is 0 Å². The van der Waals surface area contributed by atoms with E-state index in [1.807, 2.05) is 20.8 Å². The molecule has 0 aliphatic heterocycles. The third-order valence-electron chi connectivity index (χ3n) is 3.48. The van der Waals surface area contributed by atoms with Crippen LogP contribution in [0.15, 0.2) is 0 Å². The normalized spacial score (nSPS) is 12.3. The van der Waals surface area contributed by atoms with E-state index in [-0.39, 0.29) is 0 Å². The second kappa shape index (κ2) is 15.5. The van der Waals surface area contributed by atoms with Crippen LogP contribution >= 0.6 is 0 Å². The minimum atomic E-state index is -2.51. The summed E-state index contributed by atoms with van der Waals surface area (Å²) >= 11 is 0. The van der Waals surface area contributed by atoms with Gasteiger partial charge in [-0.2, -0.15) is 0 Å². The molecule has 0 fully saturated rings. The highest BCUT2D eigenvalue weighted by Gasteiger charge is 2.39. The van der Waals surface area contributed by atoms with Gasteiger partial charge in [-0.3, -0.25) is 0 Å². The molecule has 0 unspecified atom stereocenters. The molecule has 0 aromatic heterocycles. The smallest absolute Gasteiger partial charge is 0.385 e. The lowest BCUT2D eigenvalue weighted by atomic mass is 10.3. The van der Waals surface area contributed by atoms with Gasteiger partial charge in [-0.05, 0) is 40.2 Å². The highest BCUT2D eigenvalue weighted by atomic mass is 28.4. The Kier molecular flexibility index (Phi) is 15.5. The Morgan fingerprint density at radius 3 is 1.70 bits per heavy atom. The zero-order valence-corrected chi connectivity index (χ0v) is 16.8. The van der Waals surface area contributed by atoms with E-state index in [4.69, 9.17) is 22.8 Å². The van der Waals surface area contributed by atoms with Crippen molar-refractivity contribution < 1.29 is 22.8 Å². The molecule has 0 rings (SSSR count). The Morgan fingerprint density at radius 1 is 0.696 bits per heavy atom. The maximum Gasteiger partial charge on any atom is 0.500 e. The van der Waals surface area contributed by atoms with Gasteiger partial charge in [0.2, 0.25) is 0 Å².